The van der Waals surface area contributed by atoms with Crippen LogP contribution in [0.3, 0.4) is 0 Å². The molecular formula is C7H4Br2FNO. The maximum atomic E-state index is 12.8. The highest BCUT2D eigenvalue weighted by molar-refractivity contribution is 9.25. The molecule has 0 aliphatic heterocycles. The van der Waals surface area contributed by atoms with Crippen LogP contribution in [0.25, 0.3) is 0 Å². The first-order valence-corrected chi connectivity index (χ1v) is 4.89. The van der Waals surface area contributed by atoms with Gasteiger partial charge in [0.1, 0.15) is 3.74 Å². The molecule has 0 aliphatic carbocycles. The van der Waals surface area contributed by atoms with Gasteiger partial charge in [0.15, 0.2) is 5.78 Å². The Bertz CT molecular complexity index is 303. The van der Waals surface area contributed by atoms with Gasteiger partial charge in [-0.15, -0.1) is 0 Å². The summed E-state index contributed by atoms with van der Waals surface area (Å²) in [5, 5.41) is 0. The maximum Gasteiger partial charge on any atom is 0.223 e. The maximum absolute atomic E-state index is 12.8. The van der Waals surface area contributed by atoms with Crippen molar-refractivity contribution < 1.29 is 9.18 Å². The summed E-state index contributed by atoms with van der Waals surface area (Å²) in [5.74, 6) is -1.12. The lowest BCUT2D eigenvalue weighted by Gasteiger charge is -2.00. The lowest BCUT2D eigenvalue weighted by Crippen LogP contribution is -2.10. The minimum absolute atomic E-state index is 0.0174. The number of aromatic nitrogens is 1. The largest absolute Gasteiger partial charge is 0.292 e. The highest BCUT2D eigenvalue weighted by Crippen LogP contribution is 2.16. The summed E-state index contributed by atoms with van der Waals surface area (Å²) in [5.41, 5.74) is -0.0174. The Hall–Kier alpha value is -0.290. The van der Waals surface area contributed by atoms with Gasteiger partial charge in [-0.05, 0) is 12.1 Å². The van der Waals surface area contributed by atoms with Crippen molar-refractivity contribution >= 4 is 37.6 Å². The molecule has 0 atom stereocenters. The fraction of sp³-hybridized carbons (Fsp3) is 0.143. The van der Waals surface area contributed by atoms with Crippen molar-refractivity contribution in [1.82, 2.24) is 4.98 Å². The molecule has 0 spiro atoms. The fourth-order valence-corrected chi connectivity index (χ4v) is 1.18. The Kier molecular flexibility index (Phi) is 3.34. The molecule has 0 bridgehead atoms. The topological polar surface area (TPSA) is 30.0 Å². The third kappa shape index (κ3) is 2.10. The summed E-state index contributed by atoms with van der Waals surface area (Å²) in [6.07, 6.45) is 1.30. The number of hydrogen-bond donors (Lipinski definition) is 0. The Morgan fingerprint density at radius 2 is 2.25 bits per heavy atom. The van der Waals surface area contributed by atoms with Gasteiger partial charge in [0, 0.05) is 6.20 Å². The Labute approximate surface area is 85.4 Å². The van der Waals surface area contributed by atoms with Crippen molar-refractivity contribution in [2.24, 2.45) is 0 Å². The van der Waals surface area contributed by atoms with Gasteiger partial charge in [-0.2, -0.15) is 4.39 Å². The van der Waals surface area contributed by atoms with Gasteiger partial charge in [0.05, 0.1) is 5.56 Å². The highest BCUT2D eigenvalue weighted by Gasteiger charge is 2.17. The number of alkyl halides is 2. The first-order chi connectivity index (χ1) is 5.63. The molecule has 1 aromatic rings. The third-order valence-corrected chi connectivity index (χ3v) is 2.05. The number of ketones is 1. The SMILES string of the molecule is O=C(c1cccnc1F)C(Br)Br. The molecule has 0 fully saturated rings. The van der Waals surface area contributed by atoms with Crippen LogP contribution in [0.2, 0.25) is 0 Å². The zero-order valence-corrected chi connectivity index (χ0v) is 8.97. The number of hydrogen-bond acceptors (Lipinski definition) is 2. The zero-order valence-electron chi connectivity index (χ0n) is 5.80. The summed E-state index contributed by atoms with van der Waals surface area (Å²) in [6.45, 7) is 0. The predicted molar refractivity (Wildman–Crippen MR) is 50.2 cm³/mol. The van der Waals surface area contributed by atoms with Crippen molar-refractivity contribution in [3.63, 3.8) is 0 Å². The zero-order chi connectivity index (χ0) is 9.14. The molecule has 1 heterocycles. The van der Waals surface area contributed by atoms with E-state index in [1.165, 1.54) is 18.3 Å². The molecule has 0 amide bonds. The summed E-state index contributed by atoms with van der Waals surface area (Å²) in [7, 11) is 0. The molecule has 2 nitrogen and oxygen atoms in total. The number of rotatable bonds is 2. The van der Waals surface area contributed by atoms with E-state index in [1.807, 2.05) is 0 Å². The molecule has 5 heteroatoms. The van der Waals surface area contributed by atoms with Crippen LogP contribution in [-0.2, 0) is 0 Å². The molecular weight excluding hydrogens is 293 g/mol. The average Bonchev–Trinajstić information content (AvgIpc) is 2.04. The number of carbonyl (C=O) groups excluding carboxylic acids is 1. The number of nitrogens with zero attached hydrogens (tertiary/aromatic N) is 1. The molecule has 0 saturated heterocycles. The second-order valence-electron chi connectivity index (χ2n) is 2.01. The van der Waals surface area contributed by atoms with Crippen molar-refractivity contribution in [2.75, 3.05) is 0 Å². The van der Waals surface area contributed by atoms with Crippen LogP contribution in [0.15, 0.2) is 18.3 Å². The first kappa shape index (κ1) is 9.80. The van der Waals surface area contributed by atoms with Crippen LogP contribution in [0, 0.1) is 5.95 Å². The number of Topliss-reactive ketones (excluding diaryl/α,β-unsaturated/α-hetero) is 1. The lowest BCUT2D eigenvalue weighted by atomic mass is 10.2. The van der Waals surface area contributed by atoms with E-state index in [1.54, 1.807) is 0 Å². The van der Waals surface area contributed by atoms with E-state index < -0.39 is 9.68 Å². The number of pyridine rings is 1. The van der Waals surface area contributed by atoms with Crippen LogP contribution in [0.4, 0.5) is 4.39 Å². The molecule has 0 aromatic carbocycles. The molecule has 0 radical (unpaired) electrons. The predicted octanol–water partition coefficient (Wildman–Crippen LogP) is 2.52. The van der Waals surface area contributed by atoms with Crippen molar-refractivity contribution in [1.29, 1.82) is 0 Å². The smallest absolute Gasteiger partial charge is 0.223 e. The van der Waals surface area contributed by atoms with Crippen molar-refractivity contribution in [3.8, 4) is 0 Å². The molecule has 1 aromatic heterocycles. The fourth-order valence-electron chi connectivity index (χ4n) is 0.687. The van der Waals surface area contributed by atoms with E-state index in [4.69, 9.17) is 0 Å². The molecule has 12 heavy (non-hydrogen) atoms. The molecule has 0 N–H and O–H groups in total. The van der Waals surface area contributed by atoms with Crippen molar-refractivity contribution in [3.05, 3.63) is 29.8 Å². The second-order valence-corrected chi connectivity index (χ2v) is 5.07. The van der Waals surface area contributed by atoms with Gasteiger partial charge in [0.25, 0.3) is 0 Å². The van der Waals surface area contributed by atoms with Crippen LogP contribution in [-0.4, -0.2) is 14.5 Å². The van der Waals surface area contributed by atoms with Crippen LogP contribution in [0.1, 0.15) is 10.4 Å². The second kappa shape index (κ2) is 4.09. The van der Waals surface area contributed by atoms with Gasteiger partial charge in [0.2, 0.25) is 5.95 Å². The van der Waals surface area contributed by atoms with Crippen LogP contribution < -0.4 is 0 Å². The monoisotopic (exact) mass is 295 g/mol. The van der Waals surface area contributed by atoms with E-state index in [0.29, 0.717) is 0 Å². The Balaban J connectivity index is 3.03. The van der Waals surface area contributed by atoms with E-state index in [2.05, 4.69) is 36.8 Å². The third-order valence-electron chi connectivity index (χ3n) is 1.22. The normalized spacial score (nSPS) is 10.3. The van der Waals surface area contributed by atoms with Gasteiger partial charge in [-0.25, -0.2) is 4.98 Å². The van der Waals surface area contributed by atoms with Gasteiger partial charge >= 0.3 is 0 Å². The van der Waals surface area contributed by atoms with Gasteiger partial charge in [-0.1, -0.05) is 31.9 Å². The lowest BCUT2D eigenvalue weighted by molar-refractivity contribution is 0.101. The molecule has 0 aliphatic rings. The summed E-state index contributed by atoms with van der Waals surface area (Å²) in [4.78, 5) is 14.5. The van der Waals surface area contributed by atoms with E-state index >= 15 is 0 Å². The molecule has 0 unspecified atom stereocenters. The minimum atomic E-state index is -0.744. The molecule has 0 saturated carbocycles. The van der Waals surface area contributed by atoms with E-state index in [0.717, 1.165) is 0 Å². The van der Waals surface area contributed by atoms with Gasteiger partial charge < -0.3 is 0 Å². The van der Waals surface area contributed by atoms with Gasteiger partial charge in [-0.3, -0.25) is 4.79 Å². The minimum Gasteiger partial charge on any atom is -0.292 e. The first-order valence-electron chi connectivity index (χ1n) is 3.06. The number of halogens is 3. The van der Waals surface area contributed by atoms with Crippen LogP contribution in [0.5, 0.6) is 0 Å². The molecule has 64 valence electrons. The quantitative estimate of drug-likeness (QED) is 0.477. The van der Waals surface area contributed by atoms with E-state index in [9.17, 15) is 9.18 Å². The molecule has 1 rings (SSSR count). The Morgan fingerprint density at radius 3 is 2.75 bits per heavy atom. The summed E-state index contributed by atoms with van der Waals surface area (Å²) < 4.78 is 12.3. The highest BCUT2D eigenvalue weighted by atomic mass is 79.9. The summed E-state index contributed by atoms with van der Waals surface area (Å²) >= 11 is 5.97. The average molecular weight is 297 g/mol. The number of carbonyl (C=O) groups is 1. The Morgan fingerprint density at radius 1 is 1.58 bits per heavy atom. The summed E-state index contributed by atoms with van der Waals surface area (Å²) in [6, 6.07) is 2.90. The standard InChI is InChI=1S/C7H4Br2FNO/c8-6(9)5(12)4-2-1-3-11-7(4)10/h1-3,6H. The van der Waals surface area contributed by atoms with Crippen LogP contribution >= 0.6 is 31.9 Å². The van der Waals surface area contributed by atoms with E-state index in [-0.39, 0.29) is 11.3 Å². The van der Waals surface area contributed by atoms with Crippen molar-refractivity contribution in [2.45, 2.75) is 3.74 Å².